The molecule has 0 saturated carbocycles. The summed E-state index contributed by atoms with van der Waals surface area (Å²) in [5.41, 5.74) is -0.286. The van der Waals surface area contributed by atoms with E-state index in [1.165, 1.54) is 10.5 Å². The summed E-state index contributed by atoms with van der Waals surface area (Å²) in [6.07, 6.45) is 2.16. The number of piperazine rings is 1. The van der Waals surface area contributed by atoms with Crippen molar-refractivity contribution in [2.45, 2.75) is 24.3 Å². The summed E-state index contributed by atoms with van der Waals surface area (Å²) in [5.74, 6) is -0.648. The molecule has 0 aromatic carbocycles. The summed E-state index contributed by atoms with van der Waals surface area (Å²) in [6.45, 7) is 5.17. The van der Waals surface area contributed by atoms with E-state index in [0.29, 0.717) is 19.6 Å². The number of nitrogens with zero attached hydrogens (tertiary/aromatic N) is 2. The van der Waals surface area contributed by atoms with Gasteiger partial charge in [0.1, 0.15) is 10.7 Å². The van der Waals surface area contributed by atoms with Gasteiger partial charge >= 0.3 is 0 Å². The van der Waals surface area contributed by atoms with Crippen molar-refractivity contribution >= 4 is 10.0 Å². The lowest BCUT2D eigenvalue weighted by molar-refractivity contribution is 0.233. The second-order valence-corrected chi connectivity index (χ2v) is 6.93. The molecule has 2 rings (SSSR count). The molecule has 1 saturated heterocycles. The molecule has 0 bridgehead atoms. The van der Waals surface area contributed by atoms with Crippen LogP contribution in [0.15, 0.2) is 23.4 Å². The van der Waals surface area contributed by atoms with E-state index in [2.05, 4.69) is 10.3 Å². The Morgan fingerprint density at radius 1 is 1.44 bits per heavy atom. The zero-order chi connectivity index (χ0) is 13.4. The van der Waals surface area contributed by atoms with Gasteiger partial charge in [0.15, 0.2) is 0 Å². The minimum absolute atomic E-state index is 0.0970. The molecule has 1 aromatic heterocycles. The molecule has 1 aliphatic heterocycles. The summed E-state index contributed by atoms with van der Waals surface area (Å²) in [5, 5.41) is 3.23. The quantitative estimate of drug-likeness (QED) is 0.857. The number of pyridine rings is 1. The summed E-state index contributed by atoms with van der Waals surface area (Å²) in [7, 11) is -3.66. The van der Waals surface area contributed by atoms with Crippen molar-refractivity contribution in [3.63, 3.8) is 0 Å². The van der Waals surface area contributed by atoms with E-state index in [1.54, 1.807) is 0 Å². The Balaban J connectivity index is 2.31. The van der Waals surface area contributed by atoms with Crippen LogP contribution in [-0.2, 0) is 10.0 Å². The average Bonchev–Trinajstić information content (AvgIpc) is 2.27. The van der Waals surface area contributed by atoms with Crippen molar-refractivity contribution in [1.29, 1.82) is 0 Å². The van der Waals surface area contributed by atoms with Gasteiger partial charge < -0.3 is 5.32 Å². The molecule has 0 unspecified atom stereocenters. The van der Waals surface area contributed by atoms with E-state index >= 15 is 0 Å². The molecule has 1 aromatic rings. The standard InChI is InChI=1S/C11H16FN3O2S/c1-11(2)8-15(4-3-14-11)18(16,17)10-5-9(12)6-13-7-10/h5-7,14H,3-4,8H2,1-2H3. The van der Waals surface area contributed by atoms with E-state index in [-0.39, 0.29) is 10.4 Å². The molecule has 5 nitrogen and oxygen atoms in total. The van der Waals surface area contributed by atoms with Gasteiger partial charge in [0.25, 0.3) is 0 Å². The summed E-state index contributed by atoms with van der Waals surface area (Å²) >= 11 is 0. The molecule has 0 atom stereocenters. The molecule has 18 heavy (non-hydrogen) atoms. The molecule has 1 fully saturated rings. The van der Waals surface area contributed by atoms with E-state index in [1.807, 2.05) is 13.8 Å². The fourth-order valence-corrected chi connectivity index (χ4v) is 3.56. The fourth-order valence-electron chi connectivity index (χ4n) is 1.98. The Morgan fingerprint density at radius 3 is 2.78 bits per heavy atom. The minimum atomic E-state index is -3.66. The third kappa shape index (κ3) is 2.68. The van der Waals surface area contributed by atoms with Crippen molar-refractivity contribution < 1.29 is 12.8 Å². The first-order valence-electron chi connectivity index (χ1n) is 5.67. The Labute approximate surface area is 106 Å². The largest absolute Gasteiger partial charge is 0.309 e. The van der Waals surface area contributed by atoms with Gasteiger partial charge in [-0.15, -0.1) is 0 Å². The number of rotatable bonds is 2. The number of aromatic nitrogens is 1. The van der Waals surface area contributed by atoms with Crippen molar-refractivity contribution in [3.05, 3.63) is 24.3 Å². The lowest BCUT2D eigenvalue weighted by Gasteiger charge is -2.38. The minimum Gasteiger partial charge on any atom is -0.309 e. The summed E-state index contributed by atoms with van der Waals surface area (Å²) < 4.78 is 39.1. The van der Waals surface area contributed by atoms with E-state index in [9.17, 15) is 12.8 Å². The smallest absolute Gasteiger partial charge is 0.244 e. The fraction of sp³-hybridized carbons (Fsp3) is 0.545. The summed E-state index contributed by atoms with van der Waals surface area (Å²) in [6, 6.07) is 0.997. The van der Waals surface area contributed by atoms with Gasteiger partial charge in [0.05, 0.1) is 6.20 Å². The van der Waals surface area contributed by atoms with Crippen LogP contribution in [-0.4, -0.2) is 42.9 Å². The highest BCUT2D eigenvalue weighted by molar-refractivity contribution is 7.89. The number of hydrogen-bond donors (Lipinski definition) is 1. The number of hydrogen-bond acceptors (Lipinski definition) is 4. The third-order valence-corrected chi connectivity index (χ3v) is 4.66. The third-order valence-electron chi connectivity index (χ3n) is 2.85. The van der Waals surface area contributed by atoms with Crippen LogP contribution >= 0.6 is 0 Å². The van der Waals surface area contributed by atoms with Crippen LogP contribution in [0.25, 0.3) is 0 Å². The van der Waals surface area contributed by atoms with Crippen LogP contribution in [0.2, 0.25) is 0 Å². The Bertz CT molecular complexity index is 545. The number of halogens is 1. The van der Waals surface area contributed by atoms with Gasteiger partial charge in [-0.2, -0.15) is 4.31 Å². The summed E-state index contributed by atoms with van der Waals surface area (Å²) in [4.78, 5) is 3.49. The van der Waals surface area contributed by atoms with E-state index in [4.69, 9.17) is 0 Å². The van der Waals surface area contributed by atoms with Gasteiger partial charge in [-0.3, -0.25) is 4.98 Å². The van der Waals surface area contributed by atoms with Crippen molar-refractivity contribution in [3.8, 4) is 0 Å². The van der Waals surface area contributed by atoms with Crippen molar-refractivity contribution in [2.75, 3.05) is 19.6 Å². The molecule has 7 heteroatoms. The van der Waals surface area contributed by atoms with Crippen LogP contribution in [0.5, 0.6) is 0 Å². The lowest BCUT2D eigenvalue weighted by Crippen LogP contribution is -2.58. The Hall–Kier alpha value is -1.05. The van der Waals surface area contributed by atoms with Crippen LogP contribution < -0.4 is 5.32 Å². The second kappa shape index (κ2) is 4.56. The normalized spacial score (nSPS) is 20.8. The number of nitrogens with one attached hydrogen (secondary N) is 1. The van der Waals surface area contributed by atoms with Gasteiger partial charge in [-0.25, -0.2) is 12.8 Å². The first kappa shape index (κ1) is 13.4. The van der Waals surface area contributed by atoms with Gasteiger partial charge in [0, 0.05) is 31.4 Å². The highest BCUT2D eigenvalue weighted by Crippen LogP contribution is 2.20. The first-order chi connectivity index (χ1) is 8.31. The number of sulfonamides is 1. The van der Waals surface area contributed by atoms with Crippen molar-refractivity contribution in [2.24, 2.45) is 0 Å². The highest BCUT2D eigenvalue weighted by Gasteiger charge is 2.34. The zero-order valence-corrected chi connectivity index (χ0v) is 11.2. The van der Waals surface area contributed by atoms with Gasteiger partial charge in [-0.1, -0.05) is 0 Å². The molecular weight excluding hydrogens is 257 g/mol. The zero-order valence-electron chi connectivity index (χ0n) is 10.4. The molecule has 0 aliphatic carbocycles. The maximum absolute atomic E-state index is 13.1. The Kier molecular flexibility index (Phi) is 3.39. The van der Waals surface area contributed by atoms with Crippen molar-refractivity contribution in [1.82, 2.24) is 14.6 Å². The maximum Gasteiger partial charge on any atom is 0.244 e. The topological polar surface area (TPSA) is 62.3 Å². The monoisotopic (exact) mass is 273 g/mol. The molecule has 1 N–H and O–H groups in total. The average molecular weight is 273 g/mol. The molecule has 1 aliphatic rings. The lowest BCUT2D eigenvalue weighted by atomic mass is 10.0. The van der Waals surface area contributed by atoms with Gasteiger partial charge in [-0.05, 0) is 19.9 Å². The molecule has 0 spiro atoms. The highest BCUT2D eigenvalue weighted by atomic mass is 32.2. The van der Waals surface area contributed by atoms with E-state index in [0.717, 1.165) is 12.3 Å². The second-order valence-electron chi connectivity index (χ2n) is 4.99. The first-order valence-corrected chi connectivity index (χ1v) is 7.11. The predicted octanol–water partition coefficient (Wildman–Crippen LogP) is 0.593. The molecule has 0 amide bonds. The molecule has 100 valence electrons. The molecular formula is C11H16FN3O2S. The molecule has 2 heterocycles. The van der Waals surface area contributed by atoms with Crippen LogP contribution in [0.3, 0.4) is 0 Å². The van der Waals surface area contributed by atoms with E-state index < -0.39 is 15.8 Å². The van der Waals surface area contributed by atoms with Crippen LogP contribution in [0.4, 0.5) is 4.39 Å². The predicted molar refractivity (Wildman–Crippen MR) is 65.0 cm³/mol. The SMILES string of the molecule is CC1(C)CN(S(=O)(=O)c2cncc(F)c2)CCN1. The maximum atomic E-state index is 13.1. The Morgan fingerprint density at radius 2 is 2.17 bits per heavy atom. The van der Waals surface area contributed by atoms with Crippen LogP contribution in [0.1, 0.15) is 13.8 Å². The molecule has 0 radical (unpaired) electrons. The van der Waals surface area contributed by atoms with Crippen LogP contribution in [0, 0.1) is 5.82 Å². The van der Waals surface area contributed by atoms with Gasteiger partial charge in [0.2, 0.25) is 10.0 Å².